The lowest BCUT2D eigenvalue weighted by Crippen LogP contribution is -2.17. The highest BCUT2D eigenvalue weighted by Crippen LogP contribution is 2.00. The molecule has 0 fully saturated rings. The molecule has 1 aromatic carbocycles. The van der Waals surface area contributed by atoms with E-state index in [1.54, 1.807) is 30.5 Å². The van der Waals surface area contributed by atoms with Crippen molar-refractivity contribution in [2.75, 3.05) is 0 Å². The number of carbonyl (C=O) groups is 1. The Bertz CT molecular complexity index is 640. The molecule has 1 amide bonds. The van der Waals surface area contributed by atoms with Crippen LogP contribution in [0.5, 0.6) is 0 Å². The SMILES string of the molecule is O=C(NC#CC#Cc1ccns1)c1ccccc1. The fourth-order valence-corrected chi connectivity index (χ4v) is 1.61. The van der Waals surface area contributed by atoms with Crippen LogP contribution in [0.15, 0.2) is 42.6 Å². The summed E-state index contributed by atoms with van der Waals surface area (Å²) in [6.45, 7) is 0. The highest BCUT2D eigenvalue weighted by Gasteiger charge is 2.00. The monoisotopic (exact) mass is 252 g/mol. The van der Waals surface area contributed by atoms with E-state index in [1.165, 1.54) is 11.5 Å². The van der Waals surface area contributed by atoms with Gasteiger partial charge in [-0.05, 0) is 41.6 Å². The minimum atomic E-state index is -0.234. The lowest BCUT2D eigenvalue weighted by atomic mass is 10.2. The molecule has 18 heavy (non-hydrogen) atoms. The van der Waals surface area contributed by atoms with Gasteiger partial charge in [0.05, 0.1) is 4.88 Å². The number of rotatable bonds is 1. The largest absolute Gasteiger partial charge is 0.280 e. The third-order valence-corrected chi connectivity index (χ3v) is 2.62. The van der Waals surface area contributed by atoms with Gasteiger partial charge in [-0.25, -0.2) is 0 Å². The van der Waals surface area contributed by atoms with Gasteiger partial charge in [-0.1, -0.05) is 18.2 Å². The van der Waals surface area contributed by atoms with E-state index >= 15 is 0 Å². The highest BCUT2D eigenvalue weighted by molar-refractivity contribution is 7.06. The first-order chi connectivity index (χ1) is 8.86. The molecule has 0 unspecified atom stereocenters. The number of carbonyl (C=O) groups excluding carboxylic acids is 1. The first-order valence-corrected chi connectivity index (χ1v) is 5.91. The summed E-state index contributed by atoms with van der Waals surface area (Å²) in [4.78, 5) is 12.4. The molecule has 0 atom stereocenters. The third kappa shape index (κ3) is 3.48. The van der Waals surface area contributed by atoms with Crippen LogP contribution >= 0.6 is 11.5 Å². The van der Waals surface area contributed by atoms with Crippen molar-refractivity contribution >= 4 is 17.4 Å². The average molecular weight is 252 g/mol. The Morgan fingerprint density at radius 3 is 2.72 bits per heavy atom. The van der Waals surface area contributed by atoms with Crippen LogP contribution < -0.4 is 5.32 Å². The maximum Gasteiger partial charge on any atom is 0.262 e. The van der Waals surface area contributed by atoms with Gasteiger partial charge < -0.3 is 0 Å². The van der Waals surface area contributed by atoms with Crippen molar-refractivity contribution < 1.29 is 4.79 Å². The fourth-order valence-electron chi connectivity index (χ4n) is 1.15. The van der Waals surface area contributed by atoms with Gasteiger partial charge in [0.1, 0.15) is 0 Å². The molecule has 2 rings (SSSR count). The Hall–Kier alpha value is -2.56. The Labute approximate surface area is 109 Å². The first-order valence-electron chi connectivity index (χ1n) is 5.13. The van der Waals surface area contributed by atoms with Gasteiger partial charge in [0, 0.05) is 23.7 Å². The van der Waals surface area contributed by atoms with Gasteiger partial charge in [-0.2, -0.15) is 4.37 Å². The van der Waals surface area contributed by atoms with Crippen LogP contribution in [-0.2, 0) is 0 Å². The van der Waals surface area contributed by atoms with Crippen LogP contribution in [0.1, 0.15) is 15.2 Å². The Kier molecular flexibility index (Phi) is 4.13. The molecule has 4 heteroatoms. The minimum absolute atomic E-state index is 0.234. The summed E-state index contributed by atoms with van der Waals surface area (Å²) in [5, 5.41) is 2.46. The Balaban J connectivity index is 1.91. The zero-order valence-electron chi connectivity index (χ0n) is 9.31. The predicted molar refractivity (Wildman–Crippen MR) is 70.7 cm³/mol. The van der Waals surface area contributed by atoms with Gasteiger partial charge in [0.25, 0.3) is 5.91 Å². The summed E-state index contributed by atoms with van der Waals surface area (Å²) in [6, 6.07) is 13.2. The lowest BCUT2D eigenvalue weighted by molar-refractivity contribution is 0.0973. The Morgan fingerprint density at radius 2 is 2.00 bits per heavy atom. The van der Waals surface area contributed by atoms with Gasteiger partial charge in [0.2, 0.25) is 0 Å². The molecular formula is C14H8N2OS. The van der Waals surface area contributed by atoms with Crippen LogP contribution in [0.4, 0.5) is 0 Å². The van der Waals surface area contributed by atoms with Crippen LogP contribution in [0, 0.1) is 23.8 Å². The lowest BCUT2D eigenvalue weighted by Gasteiger charge is -1.95. The van der Waals surface area contributed by atoms with E-state index in [9.17, 15) is 4.79 Å². The molecule has 0 saturated carbocycles. The predicted octanol–water partition coefficient (Wildman–Crippen LogP) is 1.89. The van der Waals surface area contributed by atoms with Crippen molar-refractivity contribution in [3.05, 3.63) is 53.0 Å². The second-order valence-corrected chi connectivity index (χ2v) is 4.03. The van der Waals surface area contributed by atoms with Crippen molar-refractivity contribution in [3.8, 4) is 23.8 Å². The number of aromatic nitrogens is 1. The molecule has 86 valence electrons. The molecule has 1 aromatic heterocycles. The number of amides is 1. The minimum Gasteiger partial charge on any atom is -0.280 e. The maximum atomic E-state index is 11.6. The summed E-state index contributed by atoms with van der Waals surface area (Å²) in [6.07, 6.45) is 1.68. The second kappa shape index (κ2) is 6.24. The number of nitrogens with zero attached hydrogens (tertiary/aromatic N) is 1. The smallest absolute Gasteiger partial charge is 0.262 e. The molecule has 1 heterocycles. The molecule has 2 aromatic rings. The fraction of sp³-hybridized carbons (Fsp3) is 0. The summed E-state index contributed by atoms with van der Waals surface area (Å²) in [7, 11) is 0. The molecule has 0 aliphatic heterocycles. The summed E-state index contributed by atoms with van der Waals surface area (Å²) in [5.74, 6) is 7.78. The molecule has 0 radical (unpaired) electrons. The van der Waals surface area contributed by atoms with Crippen molar-refractivity contribution in [1.82, 2.24) is 9.69 Å². The van der Waals surface area contributed by atoms with Crippen molar-refractivity contribution in [3.63, 3.8) is 0 Å². The molecule has 0 aliphatic rings. The topological polar surface area (TPSA) is 42.0 Å². The van der Waals surface area contributed by atoms with E-state index in [4.69, 9.17) is 0 Å². The standard InChI is InChI=1S/C14H8N2OS/c17-14(12-6-2-1-3-7-12)15-10-5-4-8-13-9-11-16-18-13/h1-3,6-7,9,11H,(H,15,17). The molecule has 0 spiro atoms. The maximum absolute atomic E-state index is 11.6. The molecule has 0 aliphatic carbocycles. The number of benzene rings is 1. The zero-order valence-corrected chi connectivity index (χ0v) is 10.1. The van der Waals surface area contributed by atoms with Crippen LogP contribution in [0.3, 0.4) is 0 Å². The van der Waals surface area contributed by atoms with Gasteiger partial charge in [-0.15, -0.1) is 0 Å². The average Bonchev–Trinajstić information content (AvgIpc) is 2.92. The summed E-state index contributed by atoms with van der Waals surface area (Å²) >= 11 is 1.31. The van der Waals surface area contributed by atoms with E-state index in [1.807, 2.05) is 12.1 Å². The second-order valence-electron chi connectivity index (χ2n) is 3.20. The molecule has 1 N–H and O–H groups in total. The summed E-state index contributed by atoms with van der Waals surface area (Å²) in [5.41, 5.74) is 0.571. The van der Waals surface area contributed by atoms with E-state index < -0.39 is 0 Å². The van der Waals surface area contributed by atoms with Crippen LogP contribution in [0.2, 0.25) is 0 Å². The normalized spacial score (nSPS) is 8.44. The quantitative estimate of drug-likeness (QED) is 0.622. The third-order valence-electron chi connectivity index (χ3n) is 1.96. The van der Waals surface area contributed by atoms with Crippen molar-refractivity contribution in [2.45, 2.75) is 0 Å². The van der Waals surface area contributed by atoms with Crippen molar-refractivity contribution in [2.24, 2.45) is 0 Å². The van der Waals surface area contributed by atoms with Crippen LogP contribution in [-0.4, -0.2) is 10.3 Å². The van der Waals surface area contributed by atoms with Gasteiger partial charge in [-0.3, -0.25) is 10.1 Å². The zero-order chi connectivity index (χ0) is 12.6. The van der Waals surface area contributed by atoms with Crippen molar-refractivity contribution in [1.29, 1.82) is 0 Å². The first kappa shape index (κ1) is 11.9. The Morgan fingerprint density at radius 1 is 1.17 bits per heavy atom. The molecule has 0 bridgehead atoms. The number of hydrogen-bond donors (Lipinski definition) is 1. The van der Waals surface area contributed by atoms with Crippen LogP contribution in [0.25, 0.3) is 0 Å². The van der Waals surface area contributed by atoms with E-state index in [-0.39, 0.29) is 5.91 Å². The molecule has 3 nitrogen and oxygen atoms in total. The number of nitrogens with one attached hydrogen (secondary N) is 1. The van der Waals surface area contributed by atoms with E-state index in [2.05, 4.69) is 33.5 Å². The van der Waals surface area contributed by atoms with Gasteiger partial charge in [0.15, 0.2) is 0 Å². The van der Waals surface area contributed by atoms with E-state index in [0.717, 1.165) is 4.88 Å². The summed E-state index contributed by atoms with van der Waals surface area (Å²) < 4.78 is 3.91. The highest BCUT2D eigenvalue weighted by atomic mass is 32.1. The van der Waals surface area contributed by atoms with E-state index in [0.29, 0.717) is 5.56 Å². The molecule has 0 saturated heterocycles. The number of hydrogen-bond acceptors (Lipinski definition) is 3. The molecular weight excluding hydrogens is 244 g/mol. The van der Waals surface area contributed by atoms with Gasteiger partial charge >= 0.3 is 0 Å².